The number of benzene rings is 1. The smallest absolute Gasteiger partial charge is 0.328 e. The average molecular weight is 303 g/mol. The van der Waals surface area contributed by atoms with Gasteiger partial charge in [0.2, 0.25) is 10.0 Å². The van der Waals surface area contributed by atoms with Crippen LogP contribution in [0.25, 0.3) is 0 Å². The van der Waals surface area contributed by atoms with Gasteiger partial charge in [-0.2, -0.15) is 4.72 Å². The van der Waals surface area contributed by atoms with E-state index in [0.29, 0.717) is 5.56 Å². The van der Waals surface area contributed by atoms with Crippen molar-refractivity contribution in [2.75, 3.05) is 7.11 Å². The molecule has 0 aromatic heterocycles. The van der Waals surface area contributed by atoms with Crippen LogP contribution < -0.4 is 4.72 Å². The van der Waals surface area contributed by atoms with E-state index < -0.39 is 32.6 Å². The minimum Gasteiger partial charge on any atom is -0.468 e. The number of carbonyl (C=O) groups is 1. The summed E-state index contributed by atoms with van der Waals surface area (Å²) in [4.78, 5) is 11.8. The van der Waals surface area contributed by atoms with E-state index >= 15 is 0 Å². The summed E-state index contributed by atoms with van der Waals surface area (Å²) in [5.74, 6) is -1.24. The van der Waals surface area contributed by atoms with Gasteiger partial charge in [-0.25, -0.2) is 17.6 Å². The van der Waals surface area contributed by atoms with Crippen LogP contribution in [0.4, 0.5) is 4.39 Å². The van der Waals surface area contributed by atoms with E-state index in [0.717, 1.165) is 19.2 Å². The Morgan fingerprint density at radius 2 is 1.75 bits per heavy atom. The summed E-state index contributed by atoms with van der Waals surface area (Å²) in [6.07, 6.45) is 0. The monoisotopic (exact) mass is 303 g/mol. The van der Waals surface area contributed by atoms with Gasteiger partial charge < -0.3 is 4.74 Å². The Morgan fingerprint density at radius 1 is 1.25 bits per heavy atom. The highest BCUT2D eigenvalue weighted by Gasteiger charge is 2.34. The first kappa shape index (κ1) is 16.6. The first-order valence-electron chi connectivity index (χ1n) is 5.93. The van der Waals surface area contributed by atoms with Crippen LogP contribution in [0.5, 0.6) is 0 Å². The van der Waals surface area contributed by atoms with Gasteiger partial charge in [-0.1, -0.05) is 12.1 Å². The van der Waals surface area contributed by atoms with Gasteiger partial charge in [-0.3, -0.25) is 0 Å². The highest BCUT2D eigenvalue weighted by atomic mass is 32.2. The molecule has 5 nitrogen and oxygen atoms in total. The van der Waals surface area contributed by atoms with Crippen LogP contribution in [0.1, 0.15) is 32.4 Å². The zero-order valence-corrected chi connectivity index (χ0v) is 12.6. The quantitative estimate of drug-likeness (QED) is 0.860. The normalized spacial score (nSPS) is 13.8. The lowest BCUT2D eigenvalue weighted by molar-refractivity contribution is -0.142. The van der Waals surface area contributed by atoms with E-state index in [1.165, 1.54) is 32.9 Å². The number of carbonyl (C=O) groups excluding carboxylic acids is 1. The molecule has 1 N–H and O–H groups in total. The van der Waals surface area contributed by atoms with Crippen LogP contribution >= 0.6 is 0 Å². The molecule has 0 aliphatic rings. The number of methoxy groups -OCH3 is 1. The van der Waals surface area contributed by atoms with E-state index in [-0.39, 0.29) is 0 Å². The minimum absolute atomic E-state index is 0.311. The molecule has 1 aromatic rings. The van der Waals surface area contributed by atoms with Crippen molar-refractivity contribution in [3.05, 3.63) is 35.6 Å². The zero-order valence-electron chi connectivity index (χ0n) is 11.8. The molecule has 7 heteroatoms. The zero-order chi connectivity index (χ0) is 15.6. The predicted octanol–water partition coefficient (Wildman–Crippen LogP) is 1.76. The van der Waals surface area contributed by atoms with Gasteiger partial charge in [0.25, 0.3) is 0 Å². The standard InChI is InChI=1S/C13H18FNO4S/c1-13(2,3)20(17,18)15-11(12(16)19-4)9-5-7-10(14)8-6-9/h5-8,11,15H,1-4H3/t11-/m0/s1. The van der Waals surface area contributed by atoms with Crippen LogP contribution in [0.2, 0.25) is 0 Å². The second-order valence-electron chi connectivity index (χ2n) is 5.24. The number of hydrogen-bond acceptors (Lipinski definition) is 4. The molecular weight excluding hydrogens is 285 g/mol. The molecule has 20 heavy (non-hydrogen) atoms. The third kappa shape index (κ3) is 3.77. The second-order valence-corrected chi connectivity index (χ2v) is 7.71. The fourth-order valence-corrected chi connectivity index (χ4v) is 2.25. The highest BCUT2D eigenvalue weighted by Crippen LogP contribution is 2.21. The highest BCUT2D eigenvalue weighted by molar-refractivity contribution is 7.90. The summed E-state index contributed by atoms with van der Waals surface area (Å²) >= 11 is 0. The van der Waals surface area contributed by atoms with Gasteiger partial charge in [-0.05, 0) is 38.5 Å². The number of nitrogens with one attached hydrogen (secondary N) is 1. The lowest BCUT2D eigenvalue weighted by Crippen LogP contribution is -2.43. The molecule has 0 amide bonds. The SMILES string of the molecule is COC(=O)[C@@H](NS(=O)(=O)C(C)(C)C)c1ccc(F)cc1. The van der Waals surface area contributed by atoms with Gasteiger partial charge in [0, 0.05) is 0 Å². The van der Waals surface area contributed by atoms with E-state index in [2.05, 4.69) is 9.46 Å². The summed E-state index contributed by atoms with van der Waals surface area (Å²) in [5.41, 5.74) is 0.311. The molecule has 0 aliphatic carbocycles. The molecule has 1 rings (SSSR count). The van der Waals surface area contributed by atoms with Crippen molar-refractivity contribution in [2.45, 2.75) is 31.6 Å². The van der Waals surface area contributed by atoms with Crippen molar-refractivity contribution < 1.29 is 22.3 Å². The van der Waals surface area contributed by atoms with Gasteiger partial charge in [-0.15, -0.1) is 0 Å². The Labute approximate surface area is 118 Å². The molecule has 1 atom stereocenters. The number of sulfonamides is 1. The lowest BCUT2D eigenvalue weighted by atomic mass is 10.1. The molecule has 0 heterocycles. The van der Waals surface area contributed by atoms with Gasteiger partial charge in [0.1, 0.15) is 11.9 Å². The van der Waals surface area contributed by atoms with E-state index in [1.54, 1.807) is 0 Å². The molecule has 0 radical (unpaired) electrons. The molecular formula is C13H18FNO4S. The minimum atomic E-state index is -3.75. The van der Waals surface area contributed by atoms with E-state index in [9.17, 15) is 17.6 Å². The Balaban J connectivity index is 3.16. The molecule has 0 bridgehead atoms. The van der Waals surface area contributed by atoms with Crippen molar-refractivity contribution in [3.63, 3.8) is 0 Å². The number of rotatable bonds is 4. The molecule has 1 aromatic carbocycles. The average Bonchev–Trinajstić information content (AvgIpc) is 2.35. The number of esters is 1. The van der Waals surface area contributed by atoms with Crippen LogP contribution in [-0.4, -0.2) is 26.2 Å². The molecule has 0 saturated heterocycles. The van der Waals surface area contributed by atoms with E-state index in [4.69, 9.17) is 0 Å². The maximum atomic E-state index is 12.9. The summed E-state index contributed by atoms with van der Waals surface area (Å²) < 4.78 is 43.0. The van der Waals surface area contributed by atoms with Crippen molar-refractivity contribution in [2.24, 2.45) is 0 Å². The largest absolute Gasteiger partial charge is 0.468 e. The molecule has 0 saturated carbocycles. The van der Waals surface area contributed by atoms with Gasteiger partial charge >= 0.3 is 5.97 Å². The van der Waals surface area contributed by atoms with Crippen LogP contribution in [-0.2, 0) is 19.6 Å². The van der Waals surface area contributed by atoms with Gasteiger partial charge in [0.05, 0.1) is 11.9 Å². The van der Waals surface area contributed by atoms with Crippen molar-refractivity contribution in [1.29, 1.82) is 0 Å². The summed E-state index contributed by atoms with van der Waals surface area (Å²) in [7, 11) is -2.60. The molecule has 0 aliphatic heterocycles. The maximum Gasteiger partial charge on any atom is 0.328 e. The number of ether oxygens (including phenoxy) is 1. The summed E-state index contributed by atoms with van der Waals surface area (Å²) in [6.45, 7) is 4.52. The molecule has 0 unspecified atom stereocenters. The van der Waals surface area contributed by atoms with Crippen molar-refractivity contribution >= 4 is 16.0 Å². The van der Waals surface area contributed by atoms with Gasteiger partial charge in [0.15, 0.2) is 0 Å². The molecule has 112 valence electrons. The second kappa shape index (κ2) is 5.88. The Morgan fingerprint density at radius 3 is 2.15 bits per heavy atom. The van der Waals surface area contributed by atoms with Crippen molar-refractivity contribution in [3.8, 4) is 0 Å². The summed E-state index contributed by atoms with van der Waals surface area (Å²) in [5, 5.41) is 0. The fraction of sp³-hybridized carbons (Fsp3) is 0.462. The lowest BCUT2D eigenvalue weighted by Gasteiger charge is -2.24. The predicted molar refractivity (Wildman–Crippen MR) is 73.0 cm³/mol. The first-order chi connectivity index (χ1) is 9.08. The Kier molecular flexibility index (Phi) is 4.88. The summed E-state index contributed by atoms with van der Waals surface area (Å²) in [6, 6.07) is 3.77. The third-order valence-electron chi connectivity index (χ3n) is 2.72. The molecule has 0 fully saturated rings. The van der Waals surface area contributed by atoms with Crippen LogP contribution in [0.3, 0.4) is 0 Å². The van der Waals surface area contributed by atoms with Crippen LogP contribution in [0.15, 0.2) is 24.3 Å². The Bertz CT molecular complexity index is 575. The first-order valence-corrected chi connectivity index (χ1v) is 7.42. The third-order valence-corrected chi connectivity index (χ3v) is 4.88. The number of halogens is 1. The maximum absolute atomic E-state index is 12.9. The topological polar surface area (TPSA) is 72.5 Å². The van der Waals surface area contributed by atoms with Crippen molar-refractivity contribution in [1.82, 2.24) is 4.72 Å². The number of hydrogen-bond donors (Lipinski definition) is 1. The Hall–Kier alpha value is -1.47. The van der Waals surface area contributed by atoms with Crippen LogP contribution in [0, 0.1) is 5.82 Å². The fourth-order valence-electron chi connectivity index (χ4n) is 1.36. The molecule has 0 spiro atoms. The van der Waals surface area contributed by atoms with E-state index in [1.807, 2.05) is 0 Å².